The van der Waals surface area contributed by atoms with Crippen LogP contribution in [0.5, 0.6) is 0 Å². The lowest BCUT2D eigenvalue weighted by Crippen LogP contribution is -2.31. The highest BCUT2D eigenvalue weighted by Crippen LogP contribution is 2.16. The number of nitrogens with zero attached hydrogens (tertiary/aromatic N) is 3. The van der Waals surface area contributed by atoms with E-state index >= 15 is 0 Å². The Labute approximate surface area is 116 Å². The van der Waals surface area contributed by atoms with Crippen LogP contribution >= 0.6 is 0 Å². The van der Waals surface area contributed by atoms with Crippen LogP contribution in [0.3, 0.4) is 0 Å². The summed E-state index contributed by atoms with van der Waals surface area (Å²) >= 11 is 0. The van der Waals surface area contributed by atoms with E-state index in [-0.39, 0.29) is 23.2 Å². The molecule has 2 aromatic heterocycles. The quantitative estimate of drug-likeness (QED) is 0.843. The maximum absolute atomic E-state index is 12.1. The molecule has 0 aliphatic carbocycles. The van der Waals surface area contributed by atoms with Crippen LogP contribution in [0.4, 0.5) is 0 Å². The van der Waals surface area contributed by atoms with Gasteiger partial charge in [-0.05, 0) is 6.42 Å². The van der Waals surface area contributed by atoms with Crippen molar-refractivity contribution < 1.29 is 4.79 Å². The first kappa shape index (κ1) is 14.0. The molecule has 0 aromatic carbocycles. The van der Waals surface area contributed by atoms with Crippen LogP contribution in [0.25, 0.3) is 0 Å². The van der Waals surface area contributed by atoms with Gasteiger partial charge in [-0.3, -0.25) is 9.59 Å². The second-order valence-electron chi connectivity index (χ2n) is 4.51. The normalized spacial score (nSPS) is 12.1. The molecule has 0 fully saturated rings. The topological polar surface area (TPSA) is 92.7 Å². The van der Waals surface area contributed by atoms with Crippen molar-refractivity contribution in [2.24, 2.45) is 7.05 Å². The Morgan fingerprint density at radius 2 is 2.30 bits per heavy atom. The Bertz CT molecular complexity index is 626. The first-order valence-corrected chi connectivity index (χ1v) is 6.44. The zero-order chi connectivity index (χ0) is 14.5. The largest absolute Gasteiger partial charge is 0.341 e. The third kappa shape index (κ3) is 3.11. The highest BCUT2D eigenvalue weighted by molar-refractivity contribution is 5.92. The Hall–Kier alpha value is -2.44. The number of amides is 1. The molecule has 0 radical (unpaired) electrons. The second-order valence-corrected chi connectivity index (χ2v) is 4.51. The summed E-state index contributed by atoms with van der Waals surface area (Å²) in [5.41, 5.74) is -0.157. The van der Waals surface area contributed by atoms with E-state index in [1.54, 1.807) is 6.20 Å². The molecule has 0 saturated heterocycles. The van der Waals surface area contributed by atoms with E-state index in [1.165, 1.54) is 6.20 Å². The SMILES string of the molecule is CCC[C@@H](NC(=O)c1c[nH]c(=O)cn1)c1nccn1C. The number of hydrogen-bond donors (Lipinski definition) is 2. The van der Waals surface area contributed by atoms with Crippen molar-refractivity contribution in [2.75, 3.05) is 0 Å². The third-order valence-electron chi connectivity index (χ3n) is 2.96. The molecule has 0 bridgehead atoms. The van der Waals surface area contributed by atoms with Gasteiger partial charge in [-0.1, -0.05) is 13.3 Å². The smallest absolute Gasteiger partial charge is 0.271 e. The van der Waals surface area contributed by atoms with Gasteiger partial charge in [-0.25, -0.2) is 9.97 Å². The average Bonchev–Trinajstić information content (AvgIpc) is 2.85. The second kappa shape index (κ2) is 6.14. The molecule has 2 heterocycles. The molecule has 106 valence electrons. The molecule has 2 N–H and O–H groups in total. The van der Waals surface area contributed by atoms with Crippen molar-refractivity contribution in [3.05, 3.63) is 46.7 Å². The number of H-pyrrole nitrogens is 1. The van der Waals surface area contributed by atoms with Crippen LogP contribution in [0.15, 0.2) is 29.6 Å². The number of imidazole rings is 1. The minimum atomic E-state index is -0.337. The van der Waals surface area contributed by atoms with Gasteiger partial charge in [-0.15, -0.1) is 0 Å². The van der Waals surface area contributed by atoms with E-state index in [9.17, 15) is 9.59 Å². The molecular formula is C13H17N5O2. The summed E-state index contributed by atoms with van der Waals surface area (Å²) in [6.45, 7) is 2.04. The van der Waals surface area contributed by atoms with E-state index in [0.29, 0.717) is 0 Å². The van der Waals surface area contributed by atoms with Crippen LogP contribution in [-0.2, 0) is 7.05 Å². The molecular weight excluding hydrogens is 258 g/mol. The van der Waals surface area contributed by atoms with Crippen LogP contribution in [0.2, 0.25) is 0 Å². The number of hydrogen-bond acceptors (Lipinski definition) is 4. The van der Waals surface area contributed by atoms with Gasteiger partial charge >= 0.3 is 0 Å². The molecule has 20 heavy (non-hydrogen) atoms. The maximum atomic E-state index is 12.1. The molecule has 2 rings (SSSR count). The first-order chi connectivity index (χ1) is 9.61. The summed E-state index contributed by atoms with van der Waals surface area (Å²) in [5.74, 6) is 0.465. The number of carbonyl (C=O) groups is 1. The summed E-state index contributed by atoms with van der Waals surface area (Å²) in [7, 11) is 1.88. The van der Waals surface area contributed by atoms with Crippen molar-refractivity contribution in [1.29, 1.82) is 0 Å². The summed E-state index contributed by atoms with van der Waals surface area (Å²) in [5, 5.41) is 2.89. The van der Waals surface area contributed by atoms with E-state index in [2.05, 4.69) is 20.3 Å². The Morgan fingerprint density at radius 1 is 1.50 bits per heavy atom. The van der Waals surface area contributed by atoms with Gasteiger partial charge in [0.25, 0.3) is 11.5 Å². The molecule has 0 saturated carbocycles. The minimum Gasteiger partial charge on any atom is -0.341 e. The standard InChI is InChI=1S/C13H17N5O2/c1-3-4-9(12-14-5-6-18(12)2)17-13(20)10-7-16-11(19)8-15-10/h5-9H,3-4H2,1-2H3,(H,16,19)(H,17,20)/t9-/m1/s1. The zero-order valence-electron chi connectivity index (χ0n) is 11.5. The minimum absolute atomic E-state index is 0.179. The number of nitrogens with one attached hydrogen (secondary N) is 2. The predicted molar refractivity (Wildman–Crippen MR) is 73.2 cm³/mol. The van der Waals surface area contributed by atoms with Gasteiger partial charge in [0.1, 0.15) is 11.5 Å². The highest BCUT2D eigenvalue weighted by atomic mass is 16.2. The van der Waals surface area contributed by atoms with E-state index in [4.69, 9.17) is 0 Å². The molecule has 7 heteroatoms. The zero-order valence-corrected chi connectivity index (χ0v) is 11.5. The molecule has 0 aliphatic heterocycles. The Kier molecular flexibility index (Phi) is 4.29. The predicted octanol–water partition coefficient (Wildman–Crippen LogP) is 0.775. The number of aryl methyl sites for hydroxylation is 1. The molecule has 1 atom stereocenters. The Balaban J connectivity index is 2.16. The van der Waals surface area contributed by atoms with Crippen LogP contribution in [0.1, 0.15) is 42.1 Å². The molecule has 1 amide bonds. The lowest BCUT2D eigenvalue weighted by molar-refractivity contribution is 0.0926. The Morgan fingerprint density at radius 3 is 2.85 bits per heavy atom. The van der Waals surface area contributed by atoms with Gasteiger partial charge in [0.2, 0.25) is 0 Å². The fourth-order valence-corrected chi connectivity index (χ4v) is 1.97. The van der Waals surface area contributed by atoms with E-state index < -0.39 is 0 Å². The van der Waals surface area contributed by atoms with Crippen molar-refractivity contribution in [3.8, 4) is 0 Å². The summed E-state index contributed by atoms with van der Waals surface area (Å²) in [4.78, 5) is 33.6. The fraction of sp³-hybridized carbons (Fsp3) is 0.385. The average molecular weight is 275 g/mol. The van der Waals surface area contributed by atoms with Crippen LogP contribution in [-0.4, -0.2) is 25.4 Å². The summed E-state index contributed by atoms with van der Waals surface area (Å²) in [6.07, 6.45) is 7.62. The van der Waals surface area contributed by atoms with Gasteiger partial charge in [0.05, 0.1) is 12.2 Å². The number of rotatable bonds is 5. The van der Waals surface area contributed by atoms with Gasteiger partial charge in [-0.2, -0.15) is 0 Å². The van der Waals surface area contributed by atoms with Gasteiger partial charge in [0.15, 0.2) is 0 Å². The van der Waals surface area contributed by atoms with Crippen molar-refractivity contribution in [3.63, 3.8) is 0 Å². The van der Waals surface area contributed by atoms with Crippen molar-refractivity contribution in [2.45, 2.75) is 25.8 Å². The molecule has 0 spiro atoms. The van der Waals surface area contributed by atoms with Crippen molar-refractivity contribution in [1.82, 2.24) is 24.8 Å². The van der Waals surface area contributed by atoms with Crippen molar-refractivity contribution >= 4 is 5.91 Å². The fourth-order valence-electron chi connectivity index (χ4n) is 1.97. The maximum Gasteiger partial charge on any atom is 0.271 e. The lowest BCUT2D eigenvalue weighted by Gasteiger charge is -2.17. The van der Waals surface area contributed by atoms with E-state index in [1.807, 2.05) is 24.7 Å². The molecule has 7 nitrogen and oxygen atoms in total. The number of aromatic nitrogens is 4. The highest BCUT2D eigenvalue weighted by Gasteiger charge is 2.19. The number of carbonyl (C=O) groups excluding carboxylic acids is 1. The number of aromatic amines is 1. The molecule has 0 aliphatic rings. The van der Waals surface area contributed by atoms with Crippen LogP contribution in [0, 0.1) is 0 Å². The summed E-state index contributed by atoms with van der Waals surface area (Å²) in [6, 6.07) is -0.179. The third-order valence-corrected chi connectivity index (χ3v) is 2.96. The first-order valence-electron chi connectivity index (χ1n) is 6.44. The monoisotopic (exact) mass is 275 g/mol. The van der Waals surface area contributed by atoms with Gasteiger partial charge < -0.3 is 14.9 Å². The van der Waals surface area contributed by atoms with Crippen LogP contribution < -0.4 is 10.9 Å². The molecule has 0 unspecified atom stereocenters. The molecule has 2 aromatic rings. The summed E-state index contributed by atoms with van der Waals surface area (Å²) < 4.78 is 1.88. The van der Waals surface area contributed by atoms with E-state index in [0.717, 1.165) is 24.9 Å². The lowest BCUT2D eigenvalue weighted by atomic mass is 10.1. The van der Waals surface area contributed by atoms with Gasteiger partial charge in [0, 0.05) is 25.6 Å².